The molecule has 0 atom stereocenters. The van der Waals surface area contributed by atoms with E-state index in [0.717, 1.165) is 11.4 Å². The number of nitrogens with one attached hydrogen (secondary N) is 2. The molecule has 0 aliphatic carbocycles. The van der Waals surface area contributed by atoms with E-state index in [4.69, 9.17) is 30.0 Å². The van der Waals surface area contributed by atoms with Gasteiger partial charge in [-0.1, -0.05) is 0 Å². The van der Waals surface area contributed by atoms with Crippen LogP contribution in [0.3, 0.4) is 0 Å². The number of hydrogen-bond donors (Lipinski definition) is 2. The van der Waals surface area contributed by atoms with Crippen LogP contribution in [0.2, 0.25) is 0 Å². The maximum atomic E-state index is 5.06. The van der Waals surface area contributed by atoms with E-state index in [0.29, 0.717) is 0 Å². The third-order valence-electron chi connectivity index (χ3n) is 2.05. The quantitative estimate of drug-likeness (QED) is 0.261. The first-order valence-corrected chi connectivity index (χ1v) is 6.61. The van der Waals surface area contributed by atoms with E-state index in [1.165, 1.54) is 12.4 Å². The van der Waals surface area contributed by atoms with Crippen LogP contribution in [0.25, 0.3) is 0 Å². The average molecular weight is 386 g/mol. The zero-order chi connectivity index (χ0) is 15.5. The molecule has 7 nitrogen and oxygen atoms in total. The topological polar surface area (TPSA) is 82.7 Å². The normalized spacial score (nSPS) is 12.3. The molecule has 0 unspecified atom stereocenters. The van der Waals surface area contributed by atoms with Crippen LogP contribution in [0, 0.1) is 0 Å². The standard InChI is InChI=1S/C12H16N6OS2.Cu/c1-13-11(20)17-14-7-8-15-18-12(21)16-9-3-5-10(19-2)6-4-9;/h3-8H,1-2H3,(H2,13,17,20)(H2,16,18,21);/q;+2/p-2/b14-7+,15-8+;. The van der Waals surface area contributed by atoms with Crippen LogP contribution in [-0.2, 0) is 42.3 Å². The first kappa shape index (κ1) is 20.3. The van der Waals surface area contributed by atoms with Crippen molar-refractivity contribution in [2.24, 2.45) is 20.4 Å². The third-order valence-corrected chi connectivity index (χ3v) is 2.52. The van der Waals surface area contributed by atoms with Gasteiger partial charge in [-0.25, -0.2) is 0 Å². The van der Waals surface area contributed by atoms with Crippen molar-refractivity contribution in [2.45, 2.75) is 0 Å². The van der Waals surface area contributed by atoms with Crippen LogP contribution >= 0.6 is 0 Å². The molecule has 121 valence electrons. The van der Waals surface area contributed by atoms with Gasteiger partial charge in [0.25, 0.3) is 0 Å². The monoisotopic (exact) mass is 385 g/mol. The predicted octanol–water partition coefficient (Wildman–Crippen LogP) is 1.10. The number of rotatable bonds is 5. The largest absolute Gasteiger partial charge is 2.00 e. The molecule has 0 bridgehead atoms. The summed E-state index contributed by atoms with van der Waals surface area (Å²) in [5.74, 6) is 0.765. The van der Waals surface area contributed by atoms with E-state index in [1.54, 1.807) is 14.2 Å². The zero-order valence-electron chi connectivity index (χ0n) is 11.8. The second-order valence-electron chi connectivity index (χ2n) is 3.44. The van der Waals surface area contributed by atoms with Gasteiger partial charge in [-0.3, -0.25) is 0 Å². The van der Waals surface area contributed by atoms with Crippen molar-refractivity contribution in [3.8, 4) is 5.75 Å². The Morgan fingerprint density at radius 1 is 1.05 bits per heavy atom. The van der Waals surface area contributed by atoms with Crippen LogP contribution in [0.5, 0.6) is 5.75 Å². The van der Waals surface area contributed by atoms with Gasteiger partial charge >= 0.3 is 17.1 Å². The average Bonchev–Trinajstić information content (AvgIpc) is 2.51. The molecule has 2 N–H and O–H groups in total. The summed E-state index contributed by atoms with van der Waals surface area (Å²) in [7, 11) is 3.27. The molecule has 0 aromatic heterocycles. The minimum absolute atomic E-state index is 0. The number of benzene rings is 1. The molecule has 10 heteroatoms. The van der Waals surface area contributed by atoms with Gasteiger partial charge < -0.3 is 40.6 Å². The van der Waals surface area contributed by atoms with E-state index in [-0.39, 0.29) is 27.4 Å². The molecule has 0 aliphatic heterocycles. The van der Waals surface area contributed by atoms with Crippen LogP contribution in [0.4, 0.5) is 5.69 Å². The van der Waals surface area contributed by atoms with Crippen LogP contribution in [0.1, 0.15) is 0 Å². The Balaban J connectivity index is 0.00000441. The summed E-state index contributed by atoms with van der Waals surface area (Å²) in [5, 5.41) is 20.9. The molecule has 0 saturated heterocycles. The summed E-state index contributed by atoms with van der Waals surface area (Å²) in [5.41, 5.74) is 0.794. The first-order valence-electron chi connectivity index (χ1n) is 5.79. The van der Waals surface area contributed by atoms with Crippen molar-refractivity contribution in [2.75, 3.05) is 19.5 Å². The third kappa shape index (κ3) is 8.53. The molecule has 0 fully saturated rings. The van der Waals surface area contributed by atoms with Crippen LogP contribution < -0.4 is 15.4 Å². The number of ether oxygens (including phenoxy) is 1. The second kappa shape index (κ2) is 11.9. The smallest absolute Gasteiger partial charge is 0.741 e. The summed E-state index contributed by atoms with van der Waals surface area (Å²) >= 11 is 9.78. The van der Waals surface area contributed by atoms with E-state index in [2.05, 4.69) is 31.0 Å². The van der Waals surface area contributed by atoms with Gasteiger partial charge in [-0.2, -0.15) is 20.4 Å². The SMILES string of the molecule is CN/C([S-])=N/N=C/C=N/N=C(\[S-])Nc1ccc(OC)cc1.[Cu+2]. The van der Waals surface area contributed by atoms with E-state index in [9.17, 15) is 0 Å². The Morgan fingerprint density at radius 2 is 1.59 bits per heavy atom. The van der Waals surface area contributed by atoms with Crippen LogP contribution in [0.15, 0.2) is 44.7 Å². The molecule has 1 aromatic carbocycles. The summed E-state index contributed by atoms with van der Waals surface area (Å²) in [6.07, 6.45) is 2.70. The maximum Gasteiger partial charge on any atom is 2.00 e. The molecule has 0 aliphatic rings. The molecule has 0 spiro atoms. The van der Waals surface area contributed by atoms with Gasteiger partial charge in [-0.15, -0.1) is 0 Å². The van der Waals surface area contributed by atoms with E-state index in [1.807, 2.05) is 24.3 Å². The summed E-state index contributed by atoms with van der Waals surface area (Å²) in [6.45, 7) is 0. The summed E-state index contributed by atoms with van der Waals surface area (Å²) in [6, 6.07) is 7.27. The minimum Gasteiger partial charge on any atom is -0.741 e. The maximum absolute atomic E-state index is 5.06. The first-order chi connectivity index (χ1) is 10.2. The van der Waals surface area contributed by atoms with Gasteiger partial charge in [0.15, 0.2) is 0 Å². The molecule has 0 amide bonds. The number of nitrogens with zero attached hydrogens (tertiary/aromatic N) is 4. The Hall–Kier alpha value is -1.74. The fourth-order valence-corrected chi connectivity index (χ4v) is 1.32. The van der Waals surface area contributed by atoms with Gasteiger partial charge in [-0.05, 0) is 29.4 Å². The zero-order valence-corrected chi connectivity index (χ0v) is 14.4. The second-order valence-corrected chi connectivity index (χ2v) is 4.22. The number of amidine groups is 2. The molecular weight excluding hydrogens is 372 g/mol. The van der Waals surface area contributed by atoms with E-state index < -0.39 is 0 Å². The minimum atomic E-state index is 0. The fourth-order valence-electron chi connectivity index (χ4n) is 1.10. The summed E-state index contributed by atoms with van der Waals surface area (Å²) < 4.78 is 5.06. The predicted molar refractivity (Wildman–Crippen MR) is 92.3 cm³/mol. The Kier molecular flexibility index (Phi) is 10.9. The number of hydrogen-bond acceptors (Lipinski definition) is 7. The van der Waals surface area contributed by atoms with Gasteiger partial charge in [0.2, 0.25) is 0 Å². The van der Waals surface area contributed by atoms with Crippen molar-refractivity contribution in [1.29, 1.82) is 0 Å². The molecule has 22 heavy (non-hydrogen) atoms. The number of anilines is 1. The molecule has 0 saturated carbocycles. The fraction of sp³-hybridized carbons (Fsp3) is 0.167. The van der Waals surface area contributed by atoms with Gasteiger partial charge in [0.05, 0.1) is 19.5 Å². The Bertz CT molecular complexity index is 559. The van der Waals surface area contributed by atoms with E-state index >= 15 is 0 Å². The van der Waals surface area contributed by atoms with Crippen molar-refractivity contribution < 1.29 is 21.8 Å². The molecule has 1 aromatic rings. The Morgan fingerprint density at radius 3 is 2.09 bits per heavy atom. The summed E-state index contributed by atoms with van der Waals surface area (Å²) in [4.78, 5) is 0. The van der Waals surface area contributed by atoms with Crippen molar-refractivity contribution in [1.82, 2.24) is 5.32 Å². The Labute approximate surface area is 150 Å². The van der Waals surface area contributed by atoms with Gasteiger partial charge in [0.1, 0.15) is 5.75 Å². The van der Waals surface area contributed by atoms with Crippen molar-refractivity contribution >= 4 is 53.7 Å². The molecular formula is C12H14CuN6OS2. The molecule has 1 rings (SSSR count). The number of methoxy groups -OCH3 is 1. The van der Waals surface area contributed by atoms with Gasteiger partial charge in [0, 0.05) is 17.9 Å². The van der Waals surface area contributed by atoms with Crippen molar-refractivity contribution in [3.63, 3.8) is 0 Å². The molecule has 0 heterocycles. The van der Waals surface area contributed by atoms with Crippen molar-refractivity contribution in [3.05, 3.63) is 24.3 Å². The van der Waals surface area contributed by atoms with Crippen LogP contribution in [-0.4, -0.2) is 36.9 Å². The molecule has 1 radical (unpaired) electrons.